The van der Waals surface area contributed by atoms with Gasteiger partial charge in [0.05, 0.1) is 7.11 Å². The molecular formula is C11H18N4O. The predicted molar refractivity (Wildman–Crippen MR) is 62.6 cm³/mol. The Balaban J connectivity index is 2.10. The molecule has 88 valence electrons. The summed E-state index contributed by atoms with van der Waals surface area (Å²) in [6.07, 6.45) is 4.09. The van der Waals surface area contributed by atoms with Crippen LogP contribution in [-0.2, 0) is 0 Å². The number of aromatic nitrogens is 2. The lowest BCUT2D eigenvalue weighted by Crippen LogP contribution is -2.39. The van der Waals surface area contributed by atoms with Crippen LogP contribution in [0.2, 0.25) is 0 Å². The maximum Gasteiger partial charge on any atom is 0.228 e. The summed E-state index contributed by atoms with van der Waals surface area (Å²) in [5, 5.41) is 0. The van der Waals surface area contributed by atoms with Crippen LogP contribution in [0.15, 0.2) is 12.3 Å². The first-order valence-electron chi connectivity index (χ1n) is 5.65. The lowest BCUT2D eigenvalue weighted by molar-refractivity contribution is 0.391. The molecule has 0 aromatic carbocycles. The van der Waals surface area contributed by atoms with Crippen molar-refractivity contribution in [3.05, 3.63) is 12.3 Å². The Morgan fingerprint density at radius 1 is 1.62 bits per heavy atom. The third kappa shape index (κ3) is 2.41. The number of ether oxygens (including phenoxy) is 1. The molecule has 2 N–H and O–H groups in total. The molecule has 0 spiro atoms. The fourth-order valence-electron chi connectivity index (χ4n) is 2.04. The number of piperidine rings is 1. The van der Waals surface area contributed by atoms with Crippen LogP contribution in [0.3, 0.4) is 0 Å². The number of hydrogen-bond acceptors (Lipinski definition) is 5. The quantitative estimate of drug-likeness (QED) is 0.814. The summed E-state index contributed by atoms with van der Waals surface area (Å²) in [4.78, 5) is 10.8. The molecule has 0 aliphatic carbocycles. The van der Waals surface area contributed by atoms with Crippen molar-refractivity contribution in [2.75, 3.05) is 31.6 Å². The highest BCUT2D eigenvalue weighted by Crippen LogP contribution is 2.20. The third-order valence-electron chi connectivity index (χ3n) is 2.96. The zero-order valence-electron chi connectivity index (χ0n) is 9.59. The lowest BCUT2D eigenvalue weighted by Gasteiger charge is -2.32. The van der Waals surface area contributed by atoms with Crippen LogP contribution in [0.5, 0.6) is 5.88 Å². The van der Waals surface area contributed by atoms with Crippen molar-refractivity contribution in [2.45, 2.75) is 12.8 Å². The fraction of sp³-hybridized carbons (Fsp3) is 0.636. The van der Waals surface area contributed by atoms with Crippen LogP contribution in [-0.4, -0.2) is 36.7 Å². The number of methoxy groups -OCH3 is 1. The molecule has 1 unspecified atom stereocenters. The van der Waals surface area contributed by atoms with E-state index in [-0.39, 0.29) is 0 Å². The highest BCUT2D eigenvalue weighted by Gasteiger charge is 2.20. The summed E-state index contributed by atoms with van der Waals surface area (Å²) in [6, 6.07) is 1.76. The van der Waals surface area contributed by atoms with Crippen molar-refractivity contribution >= 4 is 5.95 Å². The molecule has 0 radical (unpaired) electrons. The highest BCUT2D eigenvalue weighted by atomic mass is 16.5. The summed E-state index contributed by atoms with van der Waals surface area (Å²) in [5.41, 5.74) is 5.71. The van der Waals surface area contributed by atoms with Crippen molar-refractivity contribution in [1.82, 2.24) is 9.97 Å². The summed E-state index contributed by atoms with van der Waals surface area (Å²) in [6.45, 7) is 2.69. The van der Waals surface area contributed by atoms with Crippen LogP contribution in [0, 0.1) is 5.92 Å². The molecule has 1 atom stereocenters. The Labute approximate surface area is 95.6 Å². The molecule has 1 aliphatic heterocycles. The summed E-state index contributed by atoms with van der Waals surface area (Å²) >= 11 is 0. The van der Waals surface area contributed by atoms with Gasteiger partial charge in [0.1, 0.15) is 0 Å². The van der Waals surface area contributed by atoms with Crippen LogP contribution in [0.1, 0.15) is 12.8 Å². The molecule has 1 aliphatic rings. The molecule has 16 heavy (non-hydrogen) atoms. The summed E-state index contributed by atoms with van der Waals surface area (Å²) in [5.74, 6) is 1.92. The van der Waals surface area contributed by atoms with E-state index in [1.807, 2.05) is 0 Å². The van der Waals surface area contributed by atoms with E-state index in [0.29, 0.717) is 11.8 Å². The molecular weight excluding hydrogens is 204 g/mol. The van der Waals surface area contributed by atoms with Gasteiger partial charge in [-0.25, -0.2) is 4.98 Å². The van der Waals surface area contributed by atoms with E-state index in [1.54, 1.807) is 19.4 Å². The first-order chi connectivity index (χ1) is 7.83. The van der Waals surface area contributed by atoms with Crippen LogP contribution >= 0.6 is 0 Å². The smallest absolute Gasteiger partial charge is 0.228 e. The maximum absolute atomic E-state index is 5.71. The Kier molecular flexibility index (Phi) is 3.56. The Morgan fingerprint density at radius 3 is 3.25 bits per heavy atom. The molecule has 1 saturated heterocycles. The van der Waals surface area contributed by atoms with Gasteiger partial charge in [0.2, 0.25) is 11.8 Å². The largest absolute Gasteiger partial charge is 0.481 e. The topological polar surface area (TPSA) is 64.3 Å². The average molecular weight is 222 g/mol. The van der Waals surface area contributed by atoms with Crippen molar-refractivity contribution < 1.29 is 4.74 Å². The van der Waals surface area contributed by atoms with Gasteiger partial charge in [0.25, 0.3) is 0 Å². The van der Waals surface area contributed by atoms with Gasteiger partial charge in [0.15, 0.2) is 0 Å². The van der Waals surface area contributed by atoms with E-state index in [2.05, 4.69) is 14.9 Å². The van der Waals surface area contributed by atoms with Gasteiger partial charge in [0, 0.05) is 25.4 Å². The number of nitrogens with zero attached hydrogens (tertiary/aromatic N) is 3. The van der Waals surface area contributed by atoms with Gasteiger partial charge in [-0.3, -0.25) is 0 Å². The molecule has 1 aromatic heterocycles. The van der Waals surface area contributed by atoms with Crippen molar-refractivity contribution in [1.29, 1.82) is 0 Å². The Bertz CT molecular complexity index is 345. The van der Waals surface area contributed by atoms with Crippen LogP contribution < -0.4 is 15.4 Å². The van der Waals surface area contributed by atoms with Crippen molar-refractivity contribution in [2.24, 2.45) is 11.7 Å². The van der Waals surface area contributed by atoms with Gasteiger partial charge in [-0.2, -0.15) is 4.98 Å². The average Bonchev–Trinajstić information content (AvgIpc) is 2.39. The predicted octanol–water partition coefficient (Wildman–Crippen LogP) is 0.660. The monoisotopic (exact) mass is 222 g/mol. The van der Waals surface area contributed by atoms with Crippen molar-refractivity contribution in [3.8, 4) is 5.88 Å². The molecule has 1 fully saturated rings. The maximum atomic E-state index is 5.71. The van der Waals surface area contributed by atoms with Crippen molar-refractivity contribution in [3.63, 3.8) is 0 Å². The lowest BCUT2D eigenvalue weighted by atomic mass is 9.99. The van der Waals surface area contributed by atoms with E-state index in [1.165, 1.54) is 6.42 Å². The second-order valence-corrected chi connectivity index (χ2v) is 4.09. The molecule has 5 heteroatoms. The zero-order valence-corrected chi connectivity index (χ0v) is 9.59. The second kappa shape index (κ2) is 5.12. The number of anilines is 1. The Hall–Kier alpha value is -1.36. The van der Waals surface area contributed by atoms with Crippen LogP contribution in [0.25, 0.3) is 0 Å². The molecule has 0 amide bonds. The van der Waals surface area contributed by atoms with E-state index < -0.39 is 0 Å². The van der Waals surface area contributed by atoms with Gasteiger partial charge in [-0.05, 0) is 25.3 Å². The highest BCUT2D eigenvalue weighted by molar-refractivity contribution is 5.32. The molecule has 0 bridgehead atoms. The number of hydrogen-bond donors (Lipinski definition) is 1. The summed E-state index contributed by atoms with van der Waals surface area (Å²) < 4.78 is 5.10. The molecule has 0 saturated carbocycles. The van der Waals surface area contributed by atoms with Gasteiger partial charge >= 0.3 is 0 Å². The van der Waals surface area contributed by atoms with Crippen LogP contribution in [0.4, 0.5) is 5.95 Å². The van der Waals surface area contributed by atoms with E-state index >= 15 is 0 Å². The Morgan fingerprint density at radius 2 is 2.50 bits per heavy atom. The number of nitrogens with two attached hydrogens (primary N) is 1. The van der Waals surface area contributed by atoms with E-state index in [4.69, 9.17) is 10.5 Å². The summed E-state index contributed by atoms with van der Waals surface area (Å²) in [7, 11) is 1.62. The molecule has 5 nitrogen and oxygen atoms in total. The standard InChI is InChI=1S/C11H18N4O/c1-16-10-4-5-13-11(14-10)15-6-2-3-9(7-12)8-15/h4-5,9H,2-3,6-8,12H2,1H3. The molecule has 2 rings (SSSR count). The third-order valence-corrected chi connectivity index (χ3v) is 2.96. The minimum atomic E-state index is 0.559. The van der Waals surface area contributed by atoms with E-state index in [9.17, 15) is 0 Å². The number of rotatable bonds is 3. The SMILES string of the molecule is COc1ccnc(N2CCCC(CN)C2)n1. The van der Waals surface area contributed by atoms with Gasteiger partial charge < -0.3 is 15.4 Å². The first-order valence-corrected chi connectivity index (χ1v) is 5.65. The first kappa shape index (κ1) is 11.1. The minimum absolute atomic E-state index is 0.559. The zero-order chi connectivity index (χ0) is 11.4. The second-order valence-electron chi connectivity index (χ2n) is 4.09. The van der Waals surface area contributed by atoms with Gasteiger partial charge in [-0.15, -0.1) is 0 Å². The normalized spacial score (nSPS) is 20.9. The fourth-order valence-corrected chi connectivity index (χ4v) is 2.04. The van der Waals surface area contributed by atoms with E-state index in [0.717, 1.165) is 32.0 Å². The molecule has 1 aromatic rings. The molecule has 2 heterocycles. The van der Waals surface area contributed by atoms with Gasteiger partial charge in [-0.1, -0.05) is 0 Å². The minimum Gasteiger partial charge on any atom is -0.481 e.